The van der Waals surface area contributed by atoms with Crippen molar-refractivity contribution in [2.45, 2.75) is 111 Å². The molecule has 170 valence electrons. The van der Waals surface area contributed by atoms with Gasteiger partial charge in [-0.2, -0.15) is 0 Å². The van der Waals surface area contributed by atoms with Crippen LogP contribution in [0.3, 0.4) is 0 Å². The summed E-state index contributed by atoms with van der Waals surface area (Å²) in [5, 5.41) is 0.191. The summed E-state index contributed by atoms with van der Waals surface area (Å²) in [5.41, 5.74) is 4.87. The third-order valence-electron chi connectivity index (χ3n) is 9.95. The van der Waals surface area contributed by atoms with Crippen molar-refractivity contribution in [3.05, 3.63) is 28.8 Å². The molecule has 2 fully saturated rings. The van der Waals surface area contributed by atoms with Crippen molar-refractivity contribution in [2.75, 3.05) is 0 Å². The van der Waals surface area contributed by atoms with Gasteiger partial charge in [-0.15, -0.1) is 5.92 Å². The Bertz CT molecular complexity index is 896. The topological polar surface area (TPSA) is 9.23 Å². The normalized spacial score (nSPS) is 32.4. The van der Waals surface area contributed by atoms with Crippen LogP contribution in [0.5, 0.6) is 5.75 Å². The molecule has 1 aromatic rings. The largest absolute Gasteiger partial charge is 0.543 e. The number of fused-ring (bicyclic) bond motifs is 5. The lowest BCUT2D eigenvalue weighted by molar-refractivity contribution is 0.0273. The average molecular weight is 437 g/mol. The quantitative estimate of drug-likeness (QED) is 0.342. The molecule has 5 atom stereocenters. The van der Waals surface area contributed by atoms with E-state index in [1.165, 1.54) is 44.9 Å². The van der Waals surface area contributed by atoms with E-state index < -0.39 is 8.32 Å². The van der Waals surface area contributed by atoms with Gasteiger partial charge in [0.05, 0.1) is 5.56 Å². The third-order valence-corrected chi connectivity index (χ3v) is 14.3. The van der Waals surface area contributed by atoms with Crippen molar-refractivity contribution in [1.29, 1.82) is 0 Å². The van der Waals surface area contributed by atoms with Crippen LogP contribution in [0.15, 0.2) is 12.1 Å². The molecule has 0 amide bonds. The van der Waals surface area contributed by atoms with Crippen molar-refractivity contribution in [3.63, 3.8) is 0 Å². The number of benzene rings is 1. The molecule has 3 aliphatic carbocycles. The zero-order valence-corrected chi connectivity index (χ0v) is 22.3. The summed E-state index contributed by atoms with van der Waals surface area (Å²) in [6, 6.07) is 4.84. The van der Waals surface area contributed by atoms with Crippen molar-refractivity contribution in [3.8, 4) is 17.6 Å². The van der Waals surface area contributed by atoms with Crippen LogP contribution >= 0.6 is 0 Å². The maximum absolute atomic E-state index is 6.80. The molecule has 0 saturated heterocycles. The molecule has 0 radical (unpaired) electrons. The fourth-order valence-electron chi connectivity index (χ4n) is 7.12. The van der Waals surface area contributed by atoms with E-state index in [0.29, 0.717) is 5.41 Å². The van der Waals surface area contributed by atoms with E-state index in [-0.39, 0.29) is 5.04 Å². The SMILES string of the molecule is CC#Cc1cc2c(cc1O[Si](C)(C)C(C)(C)C)CCC1C2CC[C@@]2(C)C1CC[C@@H]2CC. The maximum atomic E-state index is 6.80. The Balaban J connectivity index is 1.69. The van der Waals surface area contributed by atoms with Gasteiger partial charge in [0, 0.05) is 0 Å². The highest BCUT2D eigenvalue weighted by molar-refractivity contribution is 6.74. The minimum atomic E-state index is -1.89. The summed E-state index contributed by atoms with van der Waals surface area (Å²) in [6.07, 6.45) is 9.64. The molecule has 2 heteroatoms. The van der Waals surface area contributed by atoms with E-state index in [4.69, 9.17) is 4.43 Å². The van der Waals surface area contributed by atoms with Gasteiger partial charge < -0.3 is 4.43 Å². The Morgan fingerprint density at radius 1 is 1.13 bits per heavy atom. The zero-order chi connectivity index (χ0) is 22.6. The lowest BCUT2D eigenvalue weighted by atomic mass is 9.54. The predicted molar refractivity (Wildman–Crippen MR) is 135 cm³/mol. The van der Waals surface area contributed by atoms with Crippen LogP contribution in [-0.4, -0.2) is 8.32 Å². The molecule has 0 aliphatic heterocycles. The van der Waals surface area contributed by atoms with Gasteiger partial charge in [0.25, 0.3) is 8.32 Å². The van der Waals surface area contributed by atoms with Crippen LogP contribution in [0.2, 0.25) is 18.1 Å². The molecule has 0 N–H and O–H groups in total. The molecule has 4 rings (SSSR count). The highest BCUT2D eigenvalue weighted by Gasteiger charge is 2.54. The van der Waals surface area contributed by atoms with E-state index >= 15 is 0 Å². The van der Waals surface area contributed by atoms with Gasteiger partial charge >= 0.3 is 0 Å². The minimum absolute atomic E-state index is 0.191. The number of hydrogen-bond acceptors (Lipinski definition) is 1. The minimum Gasteiger partial charge on any atom is -0.543 e. The first-order valence-corrected chi connectivity index (χ1v) is 15.7. The highest BCUT2D eigenvalue weighted by Crippen LogP contribution is 2.63. The predicted octanol–water partition coefficient (Wildman–Crippen LogP) is 8.32. The molecule has 3 unspecified atom stereocenters. The second-order valence-corrected chi connectivity index (χ2v) is 17.2. The summed E-state index contributed by atoms with van der Waals surface area (Å²) in [6.45, 7) is 18.6. The first kappa shape index (κ1) is 23.0. The number of rotatable bonds is 3. The van der Waals surface area contributed by atoms with Crippen molar-refractivity contribution < 1.29 is 4.43 Å². The fourth-order valence-corrected chi connectivity index (χ4v) is 8.15. The van der Waals surface area contributed by atoms with Crippen LogP contribution in [0.1, 0.15) is 103 Å². The lowest BCUT2D eigenvalue weighted by Gasteiger charge is -2.51. The number of hydrogen-bond donors (Lipinski definition) is 0. The van der Waals surface area contributed by atoms with Gasteiger partial charge in [-0.1, -0.05) is 47.0 Å². The maximum Gasteiger partial charge on any atom is 0.250 e. The zero-order valence-electron chi connectivity index (χ0n) is 21.3. The number of aryl methyl sites for hydroxylation is 1. The molecular weight excluding hydrogens is 392 g/mol. The second-order valence-electron chi connectivity index (χ2n) is 12.4. The molecule has 0 heterocycles. The van der Waals surface area contributed by atoms with E-state index in [1.54, 1.807) is 11.1 Å². The van der Waals surface area contributed by atoms with Gasteiger partial charge in [-0.3, -0.25) is 0 Å². The Labute approximate surface area is 192 Å². The molecule has 0 spiro atoms. The fraction of sp³-hybridized carbons (Fsp3) is 0.724. The van der Waals surface area contributed by atoms with Gasteiger partial charge in [-0.25, -0.2) is 0 Å². The highest BCUT2D eigenvalue weighted by atomic mass is 28.4. The standard InChI is InChI=1S/C29H44OSi/c1-9-11-21-18-25-20(19-27(21)30-31(7,8)28(3,4)5)12-14-24-23(25)16-17-29(6)22(10-2)13-15-26(24)29/h18-19,22-24,26H,10,12-17H2,1-8H3/t22-,23?,24?,26?,29+/m0/s1. The van der Waals surface area contributed by atoms with E-state index in [0.717, 1.165) is 35.0 Å². The van der Waals surface area contributed by atoms with E-state index in [1.807, 2.05) is 6.92 Å². The van der Waals surface area contributed by atoms with Crippen LogP contribution in [0.25, 0.3) is 0 Å². The van der Waals surface area contributed by atoms with Crippen LogP contribution in [-0.2, 0) is 6.42 Å². The van der Waals surface area contributed by atoms with Gasteiger partial charge in [-0.05, 0) is 116 Å². The van der Waals surface area contributed by atoms with Crippen LogP contribution < -0.4 is 4.43 Å². The van der Waals surface area contributed by atoms with E-state index in [2.05, 4.69) is 71.7 Å². The third kappa shape index (κ3) is 3.80. The van der Waals surface area contributed by atoms with Gasteiger partial charge in [0.15, 0.2) is 0 Å². The van der Waals surface area contributed by atoms with Crippen molar-refractivity contribution in [2.24, 2.45) is 23.2 Å². The van der Waals surface area contributed by atoms with Crippen LogP contribution in [0.4, 0.5) is 0 Å². The Hall–Kier alpha value is -1.20. The molecule has 1 nitrogen and oxygen atoms in total. The first-order valence-electron chi connectivity index (χ1n) is 12.8. The van der Waals surface area contributed by atoms with Gasteiger partial charge in [0.2, 0.25) is 0 Å². The monoisotopic (exact) mass is 436 g/mol. The van der Waals surface area contributed by atoms with E-state index in [9.17, 15) is 0 Å². The molecular formula is C29H44OSi. The summed E-state index contributed by atoms with van der Waals surface area (Å²) < 4.78 is 6.80. The Morgan fingerprint density at radius 3 is 2.52 bits per heavy atom. The molecule has 0 aromatic heterocycles. The second kappa shape index (κ2) is 7.98. The molecule has 2 saturated carbocycles. The molecule has 31 heavy (non-hydrogen) atoms. The first-order chi connectivity index (χ1) is 14.5. The summed E-state index contributed by atoms with van der Waals surface area (Å²) >= 11 is 0. The van der Waals surface area contributed by atoms with Gasteiger partial charge in [0.1, 0.15) is 5.75 Å². The molecule has 0 bridgehead atoms. The average Bonchev–Trinajstić information content (AvgIpc) is 3.03. The Morgan fingerprint density at radius 2 is 1.87 bits per heavy atom. The van der Waals surface area contributed by atoms with Crippen molar-refractivity contribution >= 4 is 8.32 Å². The summed E-state index contributed by atoms with van der Waals surface area (Å²) in [4.78, 5) is 0. The summed E-state index contributed by atoms with van der Waals surface area (Å²) in [7, 11) is -1.89. The molecule has 3 aliphatic rings. The molecule has 1 aromatic carbocycles. The Kier molecular flexibility index (Phi) is 5.92. The van der Waals surface area contributed by atoms with Crippen LogP contribution in [0, 0.1) is 35.0 Å². The summed E-state index contributed by atoms with van der Waals surface area (Å²) in [5.74, 6) is 11.1. The smallest absolute Gasteiger partial charge is 0.250 e. The van der Waals surface area contributed by atoms with Crippen molar-refractivity contribution in [1.82, 2.24) is 0 Å². The lowest BCUT2D eigenvalue weighted by Crippen LogP contribution is -2.44.